The van der Waals surface area contributed by atoms with Crippen molar-refractivity contribution in [2.75, 3.05) is 36.5 Å². The van der Waals surface area contributed by atoms with E-state index in [1.54, 1.807) is 24.3 Å². The summed E-state index contributed by atoms with van der Waals surface area (Å²) in [6.45, 7) is 1.49. The number of carbonyl (C=O) groups is 1. The summed E-state index contributed by atoms with van der Waals surface area (Å²) in [5, 5.41) is 2.56. The zero-order valence-corrected chi connectivity index (χ0v) is 16.4. The number of ether oxygens (including phenoxy) is 1. The number of aromatic nitrogens is 2. The van der Waals surface area contributed by atoms with Gasteiger partial charge in [-0.1, -0.05) is 12.1 Å². The topological polar surface area (TPSA) is 76.5 Å². The largest absolute Gasteiger partial charge is 0.416 e. The Morgan fingerprint density at radius 1 is 1.13 bits per heavy atom. The predicted octanol–water partition coefficient (Wildman–Crippen LogP) is 2.89. The summed E-state index contributed by atoms with van der Waals surface area (Å²) < 4.78 is 46.3. The standard InChI is InChI=1S/C21H19F3N4O3/c22-21(23,24)14-5-6-17(27-7-9-31-10-8-27)16(11-14)26-19(29)13-28-18-4-2-1-3-15(18)25-12-20(28)30/h1-6,11-12H,7-10,13H2,(H,26,29). The van der Waals surface area contributed by atoms with E-state index >= 15 is 0 Å². The van der Waals surface area contributed by atoms with Crippen molar-refractivity contribution in [3.63, 3.8) is 0 Å². The normalized spacial score (nSPS) is 14.6. The third-order valence-electron chi connectivity index (χ3n) is 5.00. The molecule has 0 atom stereocenters. The third kappa shape index (κ3) is 4.53. The van der Waals surface area contributed by atoms with Crippen LogP contribution in [0, 0.1) is 0 Å². The van der Waals surface area contributed by atoms with Gasteiger partial charge in [-0.3, -0.25) is 14.2 Å². The van der Waals surface area contributed by atoms with Gasteiger partial charge in [-0.25, -0.2) is 4.98 Å². The number of halogens is 3. The SMILES string of the molecule is O=C(Cn1c(=O)cnc2ccccc21)Nc1cc(C(F)(F)F)ccc1N1CCOCC1. The molecular weight excluding hydrogens is 413 g/mol. The minimum absolute atomic E-state index is 0.0353. The van der Waals surface area contributed by atoms with E-state index in [1.165, 1.54) is 10.6 Å². The highest BCUT2D eigenvalue weighted by Gasteiger charge is 2.32. The minimum atomic E-state index is -4.55. The lowest BCUT2D eigenvalue weighted by molar-refractivity contribution is -0.137. The van der Waals surface area contributed by atoms with Crippen LogP contribution in [0.15, 0.2) is 53.5 Å². The zero-order chi connectivity index (χ0) is 22.0. The molecule has 0 unspecified atom stereocenters. The van der Waals surface area contributed by atoms with Crippen LogP contribution in [0.1, 0.15) is 5.56 Å². The molecular formula is C21H19F3N4O3. The number of rotatable bonds is 4. The van der Waals surface area contributed by atoms with Crippen LogP contribution in [-0.2, 0) is 22.3 Å². The van der Waals surface area contributed by atoms with Crippen LogP contribution >= 0.6 is 0 Å². The van der Waals surface area contributed by atoms with Crippen LogP contribution < -0.4 is 15.8 Å². The molecule has 1 aliphatic heterocycles. The molecule has 0 radical (unpaired) electrons. The number of carbonyl (C=O) groups excluding carboxylic acids is 1. The molecule has 0 spiro atoms. The van der Waals surface area contributed by atoms with Gasteiger partial charge in [-0.05, 0) is 30.3 Å². The molecule has 2 aromatic carbocycles. The van der Waals surface area contributed by atoms with E-state index in [0.29, 0.717) is 43.0 Å². The van der Waals surface area contributed by atoms with Crippen molar-refractivity contribution in [1.29, 1.82) is 0 Å². The van der Waals surface area contributed by atoms with Crippen molar-refractivity contribution in [1.82, 2.24) is 9.55 Å². The lowest BCUT2D eigenvalue weighted by Gasteiger charge is -2.31. The van der Waals surface area contributed by atoms with E-state index in [4.69, 9.17) is 4.74 Å². The summed E-state index contributed by atoms with van der Waals surface area (Å²) in [4.78, 5) is 30.9. The molecule has 3 aromatic rings. The molecule has 1 saturated heterocycles. The van der Waals surface area contributed by atoms with Gasteiger partial charge in [0.15, 0.2) is 0 Å². The molecule has 1 amide bonds. The minimum Gasteiger partial charge on any atom is -0.378 e. The first kappa shape index (κ1) is 20.9. The molecule has 1 fully saturated rings. The van der Waals surface area contributed by atoms with Crippen molar-refractivity contribution in [2.45, 2.75) is 12.7 Å². The summed E-state index contributed by atoms with van der Waals surface area (Å²) >= 11 is 0. The Balaban J connectivity index is 1.65. The Hall–Kier alpha value is -3.40. The highest BCUT2D eigenvalue weighted by atomic mass is 19.4. The Labute approximate surface area is 175 Å². The zero-order valence-electron chi connectivity index (χ0n) is 16.4. The summed E-state index contributed by atoms with van der Waals surface area (Å²) in [6, 6.07) is 10.1. The Morgan fingerprint density at radius 2 is 1.87 bits per heavy atom. The number of nitrogens with one attached hydrogen (secondary N) is 1. The van der Waals surface area contributed by atoms with Gasteiger partial charge in [0, 0.05) is 13.1 Å². The monoisotopic (exact) mass is 432 g/mol. The quantitative estimate of drug-likeness (QED) is 0.686. The van der Waals surface area contributed by atoms with Crippen molar-refractivity contribution in [2.24, 2.45) is 0 Å². The van der Waals surface area contributed by atoms with Crippen LogP contribution in [-0.4, -0.2) is 41.8 Å². The second kappa shape index (κ2) is 8.38. The van der Waals surface area contributed by atoms with Crippen LogP contribution in [0.4, 0.5) is 24.5 Å². The van der Waals surface area contributed by atoms with Gasteiger partial charge in [0.25, 0.3) is 5.56 Å². The number of para-hydroxylation sites is 2. The predicted molar refractivity (Wildman–Crippen MR) is 109 cm³/mol. The molecule has 2 heterocycles. The average molecular weight is 432 g/mol. The van der Waals surface area contributed by atoms with Crippen molar-refractivity contribution >= 4 is 28.3 Å². The van der Waals surface area contributed by atoms with Gasteiger partial charge < -0.3 is 15.0 Å². The highest BCUT2D eigenvalue weighted by molar-refractivity contribution is 5.95. The van der Waals surface area contributed by atoms with Crippen LogP contribution in [0.3, 0.4) is 0 Å². The number of amides is 1. The van der Waals surface area contributed by atoms with E-state index in [-0.39, 0.29) is 12.2 Å². The molecule has 1 aromatic heterocycles. The molecule has 31 heavy (non-hydrogen) atoms. The van der Waals surface area contributed by atoms with E-state index in [1.807, 2.05) is 4.90 Å². The number of alkyl halides is 3. The number of anilines is 2. The van der Waals surface area contributed by atoms with Gasteiger partial charge in [0.2, 0.25) is 5.91 Å². The lowest BCUT2D eigenvalue weighted by atomic mass is 10.1. The molecule has 7 nitrogen and oxygen atoms in total. The number of benzene rings is 2. The number of fused-ring (bicyclic) bond motifs is 1. The third-order valence-corrected chi connectivity index (χ3v) is 5.00. The van der Waals surface area contributed by atoms with Crippen molar-refractivity contribution < 1.29 is 22.7 Å². The molecule has 10 heteroatoms. The van der Waals surface area contributed by atoms with Gasteiger partial charge in [-0.15, -0.1) is 0 Å². The van der Waals surface area contributed by atoms with E-state index in [0.717, 1.165) is 18.3 Å². The van der Waals surface area contributed by atoms with Crippen LogP contribution in [0.25, 0.3) is 11.0 Å². The summed E-state index contributed by atoms with van der Waals surface area (Å²) in [5.41, 5.74) is 0.146. The molecule has 1 N–H and O–H groups in total. The Kier molecular flexibility index (Phi) is 5.64. The number of morpholine rings is 1. The van der Waals surface area contributed by atoms with E-state index in [2.05, 4.69) is 10.3 Å². The number of nitrogens with zero attached hydrogens (tertiary/aromatic N) is 3. The number of hydrogen-bond donors (Lipinski definition) is 1. The fourth-order valence-electron chi connectivity index (χ4n) is 3.50. The molecule has 0 bridgehead atoms. The molecule has 4 rings (SSSR count). The summed E-state index contributed by atoms with van der Waals surface area (Å²) in [6.07, 6.45) is -3.44. The van der Waals surface area contributed by atoms with Crippen molar-refractivity contribution in [3.8, 4) is 0 Å². The molecule has 0 saturated carbocycles. The van der Waals surface area contributed by atoms with E-state index < -0.39 is 23.2 Å². The van der Waals surface area contributed by atoms with Gasteiger partial charge in [0.1, 0.15) is 6.54 Å². The second-order valence-electron chi connectivity index (χ2n) is 7.05. The van der Waals surface area contributed by atoms with Crippen molar-refractivity contribution in [3.05, 3.63) is 64.6 Å². The first-order valence-corrected chi connectivity index (χ1v) is 9.61. The average Bonchev–Trinajstić information content (AvgIpc) is 2.76. The molecule has 0 aliphatic carbocycles. The Bertz CT molecular complexity index is 1170. The van der Waals surface area contributed by atoms with Gasteiger partial charge in [-0.2, -0.15) is 13.2 Å². The Morgan fingerprint density at radius 3 is 2.61 bits per heavy atom. The summed E-state index contributed by atoms with van der Waals surface area (Å²) in [5.74, 6) is -0.618. The fraction of sp³-hybridized carbons (Fsp3) is 0.286. The maximum atomic E-state index is 13.3. The maximum absolute atomic E-state index is 13.3. The van der Waals surface area contributed by atoms with E-state index in [9.17, 15) is 22.8 Å². The first-order valence-electron chi connectivity index (χ1n) is 9.61. The van der Waals surface area contributed by atoms with Crippen LogP contribution in [0.2, 0.25) is 0 Å². The smallest absolute Gasteiger partial charge is 0.378 e. The maximum Gasteiger partial charge on any atom is 0.416 e. The second-order valence-corrected chi connectivity index (χ2v) is 7.05. The highest BCUT2D eigenvalue weighted by Crippen LogP contribution is 2.35. The van der Waals surface area contributed by atoms with Gasteiger partial charge in [0.05, 0.1) is 47.4 Å². The summed E-state index contributed by atoms with van der Waals surface area (Å²) in [7, 11) is 0. The number of hydrogen-bond acceptors (Lipinski definition) is 5. The molecule has 162 valence electrons. The first-order chi connectivity index (χ1) is 14.8. The van der Waals surface area contributed by atoms with Gasteiger partial charge >= 0.3 is 6.18 Å². The fourth-order valence-corrected chi connectivity index (χ4v) is 3.50. The van der Waals surface area contributed by atoms with Crippen LogP contribution in [0.5, 0.6) is 0 Å². The molecule has 1 aliphatic rings. The lowest BCUT2D eigenvalue weighted by Crippen LogP contribution is -2.37.